The van der Waals surface area contributed by atoms with E-state index >= 15 is 0 Å². The van der Waals surface area contributed by atoms with Crippen LogP contribution < -0.4 is 5.73 Å². The van der Waals surface area contributed by atoms with Gasteiger partial charge in [-0.25, -0.2) is 0 Å². The minimum Gasteiger partial charge on any atom is -0.402 e. The van der Waals surface area contributed by atoms with Crippen LogP contribution in [0, 0.1) is 0 Å². The molecule has 0 radical (unpaired) electrons. The second-order valence-corrected chi connectivity index (χ2v) is 3.06. The van der Waals surface area contributed by atoms with E-state index in [1.54, 1.807) is 0 Å². The minimum atomic E-state index is 0.405. The first-order valence-electron chi connectivity index (χ1n) is 1.73. The summed E-state index contributed by atoms with van der Waals surface area (Å²) < 4.78 is 0.405. The first kappa shape index (κ1) is 6.27. The predicted octanol–water partition coefficient (Wildman–Crippen LogP) is 1.28. The highest BCUT2D eigenvalue weighted by Gasteiger charge is 1.90. The van der Waals surface area contributed by atoms with E-state index in [2.05, 4.69) is 29.2 Å². The molecule has 0 saturated heterocycles. The number of allylic oxidation sites excluding steroid dienone is 1. The fraction of sp³-hybridized carbons (Fsp3) is 0.500. The molecule has 1 nitrogen and oxygen atoms in total. The summed E-state index contributed by atoms with van der Waals surface area (Å²) in [4.78, 5) is 0. The third kappa shape index (κ3) is 2.50. The van der Waals surface area contributed by atoms with Crippen LogP contribution in [0.2, 0.25) is 0 Å². The molecule has 0 bridgehead atoms. The third-order valence-corrected chi connectivity index (χ3v) is 1.31. The third-order valence-electron chi connectivity index (χ3n) is 0.511. The zero-order chi connectivity index (χ0) is 5.15. The van der Waals surface area contributed by atoms with E-state index in [0.29, 0.717) is 3.92 Å². The highest BCUT2D eigenvalue weighted by atomic mass is 127. The Hall–Kier alpha value is 0.270. The molecule has 0 rings (SSSR count). The molecule has 0 aromatic heterocycles. The molecule has 0 fully saturated rings. The first-order valence-corrected chi connectivity index (χ1v) is 2.97. The lowest BCUT2D eigenvalue weighted by molar-refractivity contribution is 1.14. The Morgan fingerprint density at radius 2 is 2.17 bits per heavy atom. The summed E-state index contributed by atoms with van der Waals surface area (Å²) in [5.74, 6) is 0. The Labute approximate surface area is 51.7 Å². The van der Waals surface area contributed by atoms with Crippen molar-refractivity contribution in [1.82, 2.24) is 0 Å². The number of alkyl halides is 1. The maximum Gasteiger partial charge on any atom is 0.0470 e. The van der Waals surface area contributed by atoms with Gasteiger partial charge in [0.25, 0.3) is 0 Å². The lowest BCUT2D eigenvalue weighted by Crippen LogP contribution is -2.03. The monoisotopic (exact) mass is 197 g/mol. The van der Waals surface area contributed by atoms with Crippen LogP contribution in [0.25, 0.3) is 0 Å². The summed E-state index contributed by atoms with van der Waals surface area (Å²) in [6.45, 7) is 5.53. The first-order chi connectivity index (χ1) is 2.64. The van der Waals surface area contributed by atoms with Crippen molar-refractivity contribution < 1.29 is 0 Å². The van der Waals surface area contributed by atoms with Crippen LogP contribution in [0.15, 0.2) is 12.3 Å². The fourth-order valence-corrected chi connectivity index (χ4v) is 0. The van der Waals surface area contributed by atoms with Crippen molar-refractivity contribution in [2.24, 2.45) is 5.73 Å². The number of halogens is 1. The molecule has 2 N–H and O–H groups in total. The van der Waals surface area contributed by atoms with Crippen LogP contribution >= 0.6 is 22.6 Å². The lowest BCUT2D eigenvalue weighted by Gasteiger charge is -1.95. The quantitative estimate of drug-likeness (QED) is 0.497. The number of rotatable bonds is 1. The van der Waals surface area contributed by atoms with E-state index < -0.39 is 0 Å². The molecule has 2 heteroatoms. The highest BCUT2D eigenvalue weighted by molar-refractivity contribution is 14.1. The van der Waals surface area contributed by atoms with Crippen LogP contribution in [-0.4, -0.2) is 3.92 Å². The lowest BCUT2D eigenvalue weighted by atomic mass is 10.4. The molecule has 36 valence electrons. The van der Waals surface area contributed by atoms with Crippen LogP contribution in [-0.2, 0) is 0 Å². The molecule has 6 heavy (non-hydrogen) atoms. The van der Waals surface area contributed by atoms with Crippen molar-refractivity contribution in [3.63, 3.8) is 0 Å². The minimum absolute atomic E-state index is 0.405. The highest BCUT2D eigenvalue weighted by Crippen LogP contribution is 2.01. The van der Waals surface area contributed by atoms with Gasteiger partial charge >= 0.3 is 0 Å². The second-order valence-electron chi connectivity index (χ2n) is 1.19. The van der Waals surface area contributed by atoms with E-state index in [9.17, 15) is 0 Å². The van der Waals surface area contributed by atoms with Gasteiger partial charge in [0.15, 0.2) is 0 Å². The molecule has 0 heterocycles. The summed E-state index contributed by atoms with van der Waals surface area (Å²) in [5, 5.41) is 0. The zero-order valence-electron chi connectivity index (χ0n) is 3.74. The van der Waals surface area contributed by atoms with E-state index in [0.717, 1.165) is 5.70 Å². The van der Waals surface area contributed by atoms with Crippen LogP contribution in [0.5, 0.6) is 0 Å². The van der Waals surface area contributed by atoms with Gasteiger partial charge < -0.3 is 5.73 Å². The molecule has 0 aliphatic heterocycles. The van der Waals surface area contributed by atoms with Gasteiger partial charge in [-0.15, -0.1) is 0 Å². The number of hydrogen-bond acceptors (Lipinski definition) is 1. The number of nitrogens with two attached hydrogens (primary N) is 1. The fourth-order valence-electron chi connectivity index (χ4n) is 0. The van der Waals surface area contributed by atoms with Crippen molar-refractivity contribution in [3.05, 3.63) is 12.3 Å². The molecule has 0 aromatic rings. The Bertz CT molecular complexity index is 58.6. The van der Waals surface area contributed by atoms with E-state index in [-0.39, 0.29) is 0 Å². The Kier molecular flexibility index (Phi) is 2.55. The average Bonchev–Trinajstić information content (AvgIpc) is 1.36. The largest absolute Gasteiger partial charge is 0.402 e. The molecule has 0 aromatic carbocycles. The van der Waals surface area contributed by atoms with Gasteiger partial charge in [-0.2, -0.15) is 0 Å². The number of hydrogen-bond donors (Lipinski definition) is 1. The Morgan fingerprint density at radius 1 is 2.00 bits per heavy atom. The van der Waals surface area contributed by atoms with Crippen LogP contribution in [0.4, 0.5) is 0 Å². The normalized spacial score (nSPS) is 13.7. The van der Waals surface area contributed by atoms with E-state index in [1.807, 2.05) is 6.92 Å². The molecule has 1 unspecified atom stereocenters. The van der Waals surface area contributed by atoms with Crippen LogP contribution in [0.1, 0.15) is 6.92 Å². The maximum absolute atomic E-state index is 5.23. The van der Waals surface area contributed by atoms with Crippen molar-refractivity contribution in [2.45, 2.75) is 10.8 Å². The molecule has 1 atom stereocenters. The maximum atomic E-state index is 5.23. The second kappa shape index (κ2) is 2.44. The van der Waals surface area contributed by atoms with E-state index in [1.165, 1.54) is 0 Å². The van der Waals surface area contributed by atoms with Gasteiger partial charge in [0, 0.05) is 9.62 Å². The molecular formula is C4H8IN. The summed E-state index contributed by atoms with van der Waals surface area (Å²) in [5.41, 5.74) is 5.98. The predicted molar refractivity (Wildman–Crippen MR) is 36.8 cm³/mol. The molecule has 0 aliphatic rings. The molecular weight excluding hydrogens is 189 g/mol. The van der Waals surface area contributed by atoms with Gasteiger partial charge in [0.1, 0.15) is 0 Å². The van der Waals surface area contributed by atoms with Gasteiger partial charge in [-0.05, 0) is 6.92 Å². The molecule has 0 amide bonds. The van der Waals surface area contributed by atoms with Gasteiger partial charge in [0.05, 0.1) is 0 Å². The summed E-state index contributed by atoms with van der Waals surface area (Å²) in [7, 11) is 0. The van der Waals surface area contributed by atoms with Gasteiger partial charge in [-0.3, -0.25) is 0 Å². The SMILES string of the molecule is C=C(N)C(C)I. The topological polar surface area (TPSA) is 26.0 Å². The summed E-state index contributed by atoms with van der Waals surface area (Å²) in [6.07, 6.45) is 0. The summed E-state index contributed by atoms with van der Waals surface area (Å²) >= 11 is 2.21. The van der Waals surface area contributed by atoms with Gasteiger partial charge in [-0.1, -0.05) is 29.2 Å². The Balaban J connectivity index is 3.26. The average molecular weight is 197 g/mol. The molecule has 0 spiro atoms. The van der Waals surface area contributed by atoms with Crippen molar-refractivity contribution >= 4 is 22.6 Å². The zero-order valence-corrected chi connectivity index (χ0v) is 5.90. The van der Waals surface area contributed by atoms with E-state index in [4.69, 9.17) is 5.73 Å². The van der Waals surface area contributed by atoms with Gasteiger partial charge in [0.2, 0.25) is 0 Å². The molecule has 0 saturated carbocycles. The van der Waals surface area contributed by atoms with Crippen molar-refractivity contribution in [1.29, 1.82) is 0 Å². The van der Waals surface area contributed by atoms with Crippen molar-refractivity contribution in [3.8, 4) is 0 Å². The molecule has 0 aliphatic carbocycles. The standard InChI is InChI=1S/C4H8IN/c1-3(5)4(2)6/h3H,2,6H2,1H3. The Morgan fingerprint density at radius 3 is 2.17 bits per heavy atom. The van der Waals surface area contributed by atoms with Crippen molar-refractivity contribution in [2.75, 3.05) is 0 Å². The van der Waals surface area contributed by atoms with Crippen LogP contribution in [0.3, 0.4) is 0 Å². The smallest absolute Gasteiger partial charge is 0.0470 e. The summed E-state index contributed by atoms with van der Waals surface area (Å²) in [6, 6.07) is 0.